The van der Waals surface area contributed by atoms with Crippen molar-refractivity contribution in [2.45, 2.75) is 6.92 Å². The van der Waals surface area contributed by atoms with E-state index in [9.17, 15) is 5.26 Å². The van der Waals surface area contributed by atoms with Gasteiger partial charge in [-0.05, 0) is 81.1 Å². The first-order valence-corrected chi connectivity index (χ1v) is 17.7. The van der Waals surface area contributed by atoms with E-state index >= 15 is 0 Å². The average molecular weight is 691 g/mol. The van der Waals surface area contributed by atoms with Crippen molar-refractivity contribution in [2.24, 2.45) is 0 Å². The van der Waals surface area contributed by atoms with E-state index in [2.05, 4.69) is 96.9 Å². The number of hydrogen-bond acceptors (Lipinski definition) is 5. The van der Waals surface area contributed by atoms with Crippen LogP contribution >= 0.6 is 0 Å². The summed E-state index contributed by atoms with van der Waals surface area (Å²) in [5, 5.41) is 16.4. The second-order valence-electron chi connectivity index (χ2n) is 13.0. The quantitative estimate of drug-likeness (QED) is 0.0751. The van der Waals surface area contributed by atoms with Gasteiger partial charge in [-0.3, -0.25) is 0 Å². The van der Waals surface area contributed by atoms with Crippen LogP contribution in [0.5, 0.6) is 0 Å². The predicted molar refractivity (Wildman–Crippen MR) is 220 cm³/mol. The van der Waals surface area contributed by atoms with E-state index in [1.807, 2.05) is 73.7 Å². The lowest BCUT2D eigenvalue weighted by atomic mass is 9.96. The van der Waals surface area contributed by atoms with Crippen molar-refractivity contribution in [2.75, 3.05) is 0 Å². The van der Waals surface area contributed by atoms with Crippen LogP contribution in [0.15, 0.2) is 168 Å². The maximum absolute atomic E-state index is 9.89. The average Bonchev–Trinajstić information content (AvgIpc) is 3.62. The van der Waals surface area contributed by atoms with E-state index < -0.39 is 0 Å². The van der Waals surface area contributed by atoms with Gasteiger partial charge in [0.05, 0.1) is 5.57 Å². The summed E-state index contributed by atoms with van der Waals surface area (Å²) in [5.74, 6) is 4.06. The first-order chi connectivity index (χ1) is 26.6. The largest absolute Gasteiger partial charge is 0.456 e. The lowest BCUT2D eigenvalue weighted by Crippen LogP contribution is -2.01. The molecule has 0 atom stereocenters. The Balaban J connectivity index is 1.27. The van der Waals surface area contributed by atoms with E-state index in [1.165, 1.54) is 6.08 Å². The van der Waals surface area contributed by atoms with Gasteiger partial charge in [-0.1, -0.05) is 127 Å². The molecule has 2 heterocycles. The molecular formula is C49H30N4O. The maximum Gasteiger partial charge on any atom is 0.164 e. The molecule has 9 aromatic rings. The standard InChI is InChI=1S/C49H30N4O/c1-3-14-36(30-50)37(4-2)32-18-12-19-34(27-32)47-51-48(53-49(52-47)43-28-33-17-8-9-20-38(33)40-21-10-11-22-41(40)43)35-25-26-42-45(29-35)54-44-24-13-23-39(46(42)44)31-15-6-5-7-16-31/h1,4-29H,2H3/b36-14-,37-4-. The third-order valence-electron chi connectivity index (χ3n) is 9.84. The summed E-state index contributed by atoms with van der Waals surface area (Å²) in [6.45, 7) is 1.89. The lowest BCUT2D eigenvalue weighted by Gasteiger charge is -2.13. The molecular weight excluding hydrogens is 661 g/mol. The summed E-state index contributed by atoms with van der Waals surface area (Å²) >= 11 is 0. The number of hydrogen-bond donors (Lipinski definition) is 0. The first-order valence-electron chi connectivity index (χ1n) is 17.7. The Morgan fingerprint density at radius 3 is 2.06 bits per heavy atom. The number of benzene rings is 7. The van der Waals surface area contributed by atoms with Crippen LogP contribution in [0, 0.1) is 23.7 Å². The molecule has 0 aliphatic rings. The number of nitriles is 1. The predicted octanol–water partition coefficient (Wildman–Crippen LogP) is 12.2. The number of rotatable bonds is 6. The molecule has 0 saturated carbocycles. The maximum atomic E-state index is 9.89. The molecule has 252 valence electrons. The molecule has 0 aliphatic carbocycles. The zero-order chi connectivity index (χ0) is 36.6. The van der Waals surface area contributed by atoms with Crippen LogP contribution in [0.2, 0.25) is 0 Å². The zero-order valence-electron chi connectivity index (χ0n) is 29.3. The van der Waals surface area contributed by atoms with Crippen LogP contribution in [-0.2, 0) is 0 Å². The van der Waals surface area contributed by atoms with Crippen molar-refractivity contribution < 1.29 is 4.42 Å². The number of terminal acetylenes is 1. The second-order valence-corrected chi connectivity index (χ2v) is 13.0. The fraction of sp³-hybridized carbons (Fsp3) is 0.0204. The molecule has 5 heteroatoms. The highest BCUT2D eigenvalue weighted by molar-refractivity contribution is 6.14. The van der Waals surface area contributed by atoms with Gasteiger partial charge in [0.25, 0.3) is 0 Å². The van der Waals surface area contributed by atoms with Crippen LogP contribution in [0.4, 0.5) is 0 Å². The number of furan rings is 1. The minimum absolute atomic E-state index is 0.409. The van der Waals surface area contributed by atoms with Gasteiger partial charge in [0.1, 0.15) is 17.2 Å². The number of fused-ring (bicyclic) bond motifs is 6. The highest BCUT2D eigenvalue weighted by Crippen LogP contribution is 2.39. The van der Waals surface area contributed by atoms with E-state index in [0.717, 1.165) is 82.4 Å². The van der Waals surface area contributed by atoms with E-state index in [-0.39, 0.29) is 0 Å². The molecule has 7 aromatic carbocycles. The molecule has 0 bridgehead atoms. The zero-order valence-corrected chi connectivity index (χ0v) is 29.3. The summed E-state index contributed by atoms with van der Waals surface area (Å²) in [5.41, 5.74) is 8.25. The normalized spacial score (nSPS) is 12.0. The van der Waals surface area contributed by atoms with Crippen LogP contribution in [0.25, 0.3) is 94.3 Å². The second kappa shape index (κ2) is 13.5. The van der Waals surface area contributed by atoms with Gasteiger partial charge in [0.15, 0.2) is 17.5 Å². The Kier molecular flexibility index (Phi) is 8.08. The minimum atomic E-state index is 0.409. The Hall–Kier alpha value is -7.60. The topological polar surface area (TPSA) is 75.6 Å². The molecule has 54 heavy (non-hydrogen) atoms. The summed E-state index contributed by atoms with van der Waals surface area (Å²) in [4.78, 5) is 15.4. The van der Waals surface area contributed by atoms with E-state index in [1.54, 1.807) is 0 Å². The number of nitrogens with zero attached hydrogens (tertiary/aromatic N) is 4. The Morgan fingerprint density at radius 2 is 1.28 bits per heavy atom. The Morgan fingerprint density at radius 1 is 0.593 bits per heavy atom. The van der Waals surface area contributed by atoms with Gasteiger partial charge in [0, 0.05) is 33.5 Å². The molecule has 0 amide bonds. The molecule has 0 saturated heterocycles. The smallest absolute Gasteiger partial charge is 0.164 e. The van der Waals surface area contributed by atoms with E-state index in [4.69, 9.17) is 25.8 Å². The Labute approximate surface area is 312 Å². The molecule has 0 aliphatic heterocycles. The summed E-state index contributed by atoms with van der Waals surface area (Å²) in [6, 6.07) is 51.7. The van der Waals surface area contributed by atoms with Gasteiger partial charge in [-0.15, -0.1) is 6.42 Å². The molecule has 0 fully saturated rings. The van der Waals surface area contributed by atoms with Crippen molar-refractivity contribution in [3.63, 3.8) is 0 Å². The molecule has 5 nitrogen and oxygen atoms in total. The fourth-order valence-corrected chi connectivity index (χ4v) is 7.37. The van der Waals surface area contributed by atoms with Gasteiger partial charge in [-0.25, -0.2) is 15.0 Å². The molecule has 9 rings (SSSR count). The summed E-state index contributed by atoms with van der Waals surface area (Å²) < 4.78 is 6.50. The van der Waals surface area contributed by atoms with Crippen LogP contribution in [0.1, 0.15) is 12.5 Å². The van der Waals surface area contributed by atoms with E-state index in [0.29, 0.717) is 23.0 Å². The fourth-order valence-electron chi connectivity index (χ4n) is 7.37. The third-order valence-corrected chi connectivity index (χ3v) is 9.84. The molecule has 0 radical (unpaired) electrons. The molecule has 0 unspecified atom stereocenters. The van der Waals surface area contributed by atoms with Crippen molar-refractivity contribution in [3.8, 4) is 63.7 Å². The monoisotopic (exact) mass is 690 g/mol. The third kappa shape index (κ3) is 5.58. The SMILES string of the molecule is C#C/C=C(C#N)\C(=C/C)c1cccc(-c2nc(-c3ccc4c(c3)oc3cccc(-c5ccccc5)c34)nc(-c3cc4ccccc4c4ccccc34)n2)c1. The van der Waals surface area contributed by atoms with Crippen molar-refractivity contribution >= 4 is 49.1 Å². The summed E-state index contributed by atoms with van der Waals surface area (Å²) in [7, 11) is 0. The van der Waals surface area contributed by atoms with Gasteiger partial charge in [-0.2, -0.15) is 5.26 Å². The Bertz CT molecular complexity index is 3080. The van der Waals surface area contributed by atoms with Gasteiger partial charge >= 0.3 is 0 Å². The van der Waals surface area contributed by atoms with Crippen molar-refractivity contribution in [1.29, 1.82) is 5.26 Å². The van der Waals surface area contributed by atoms with Crippen molar-refractivity contribution in [3.05, 3.63) is 169 Å². The summed E-state index contributed by atoms with van der Waals surface area (Å²) in [6.07, 6.45) is 8.95. The van der Waals surface area contributed by atoms with Crippen LogP contribution in [-0.4, -0.2) is 15.0 Å². The highest BCUT2D eigenvalue weighted by Gasteiger charge is 2.19. The van der Waals surface area contributed by atoms with Gasteiger partial charge in [0.2, 0.25) is 0 Å². The number of aromatic nitrogens is 3. The highest BCUT2D eigenvalue weighted by atomic mass is 16.3. The molecule has 2 aromatic heterocycles. The first kappa shape index (κ1) is 32.3. The molecule has 0 N–H and O–H groups in total. The van der Waals surface area contributed by atoms with Crippen LogP contribution < -0.4 is 0 Å². The van der Waals surface area contributed by atoms with Crippen LogP contribution in [0.3, 0.4) is 0 Å². The van der Waals surface area contributed by atoms with Crippen molar-refractivity contribution in [1.82, 2.24) is 15.0 Å². The minimum Gasteiger partial charge on any atom is -0.456 e. The molecule has 0 spiro atoms. The van der Waals surface area contributed by atoms with Gasteiger partial charge < -0.3 is 4.42 Å². The lowest BCUT2D eigenvalue weighted by molar-refractivity contribution is 0.669. The number of allylic oxidation sites excluding steroid dienone is 4.